The van der Waals surface area contributed by atoms with Crippen molar-refractivity contribution < 1.29 is 0 Å². The summed E-state index contributed by atoms with van der Waals surface area (Å²) in [4.78, 5) is 0. The van der Waals surface area contributed by atoms with Crippen molar-refractivity contribution in [1.82, 2.24) is 0 Å². The summed E-state index contributed by atoms with van der Waals surface area (Å²) in [5, 5.41) is 3.67. The smallest absolute Gasteiger partial charge is 0.0354 e. The van der Waals surface area contributed by atoms with Gasteiger partial charge in [-0.1, -0.05) is 42.3 Å². The Bertz CT molecular complexity index is 384. The number of rotatable bonds is 2. The van der Waals surface area contributed by atoms with Crippen LogP contribution in [-0.4, -0.2) is 6.04 Å². The Morgan fingerprint density at radius 3 is 2.69 bits per heavy atom. The zero-order valence-corrected chi connectivity index (χ0v) is 11.9. The molecule has 1 atom stereocenters. The Morgan fingerprint density at radius 1 is 1.38 bits per heavy atom. The van der Waals surface area contributed by atoms with Crippen molar-refractivity contribution in [1.29, 1.82) is 0 Å². The molecule has 0 saturated heterocycles. The van der Waals surface area contributed by atoms with E-state index >= 15 is 0 Å². The summed E-state index contributed by atoms with van der Waals surface area (Å²) >= 11 is 3.58. The highest BCUT2D eigenvalue weighted by molar-refractivity contribution is 9.10. The van der Waals surface area contributed by atoms with E-state index in [0.717, 1.165) is 0 Å². The monoisotopic (exact) mass is 281 g/mol. The highest BCUT2D eigenvalue weighted by Crippen LogP contribution is 2.39. The normalized spacial score (nSPS) is 23.4. The Balaban J connectivity index is 2.12. The average Bonchev–Trinajstić information content (AvgIpc) is 2.52. The van der Waals surface area contributed by atoms with E-state index in [2.05, 4.69) is 60.2 Å². The lowest BCUT2D eigenvalue weighted by Crippen LogP contribution is -2.30. The number of hydrogen-bond acceptors (Lipinski definition) is 1. The zero-order chi connectivity index (χ0) is 11.8. The third-order valence-corrected chi connectivity index (χ3v) is 4.62. The molecule has 1 saturated carbocycles. The fraction of sp³-hybridized carbons (Fsp3) is 0.571. The molecule has 1 unspecified atom stereocenters. The largest absolute Gasteiger partial charge is 0.382 e. The first kappa shape index (κ1) is 12.0. The van der Waals surface area contributed by atoms with Crippen molar-refractivity contribution >= 4 is 21.6 Å². The molecular weight excluding hydrogens is 262 g/mol. The van der Waals surface area contributed by atoms with Crippen molar-refractivity contribution in [2.45, 2.75) is 46.1 Å². The minimum atomic E-state index is 0.428. The molecule has 0 spiro atoms. The third kappa shape index (κ3) is 2.42. The molecule has 1 fully saturated rings. The van der Waals surface area contributed by atoms with Crippen LogP contribution in [0.25, 0.3) is 0 Å². The van der Waals surface area contributed by atoms with Crippen molar-refractivity contribution in [3.05, 3.63) is 28.2 Å². The summed E-state index contributed by atoms with van der Waals surface area (Å²) in [6.45, 7) is 6.84. The molecule has 1 aromatic rings. The van der Waals surface area contributed by atoms with Gasteiger partial charge in [0.05, 0.1) is 0 Å². The molecule has 0 radical (unpaired) electrons. The molecule has 1 aliphatic carbocycles. The maximum atomic E-state index is 3.67. The number of aryl methyl sites for hydroxylation is 1. The SMILES string of the molecule is Cc1ccc(NC2CCCC2(C)C)cc1Br. The van der Waals surface area contributed by atoms with Crippen LogP contribution < -0.4 is 5.32 Å². The molecular formula is C14H20BrN. The first-order valence-corrected chi connectivity index (χ1v) is 6.81. The van der Waals surface area contributed by atoms with E-state index in [4.69, 9.17) is 0 Å². The van der Waals surface area contributed by atoms with Crippen molar-refractivity contribution in [3.8, 4) is 0 Å². The maximum absolute atomic E-state index is 3.67. The summed E-state index contributed by atoms with van der Waals surface area (Å²) < 4.78 is 1.19. The summed E-state index contributed by atoms with van der Waals surface area (Å²) in [6, 6.07) is 7.13. The molecule has 0 amide bonds. The molecule has 0 aromatic heterocycles. The van der Waals surface area contributed by atoms with Gasteiger partial charge in [0, 0.05) is 16.2 Å². The fourth-order valence-corrected chi connectivity index (χ4v) is 2.86. The predicted molar refractivity (Wildman–Crippen MR) is 73.9 cm³/mol. The average molecular weight is 282 g/mol. The van der Waals surface area contributed by atoms with E-state index in [-0.39, 0.29) is 0 Å². The van der Waals surface area contributed by atoms with Crippen LogP contribution in [0.1, 0.15) is 38.7 Å². The van der Waals surface area contributed by atoms with Crippen LogP contribution in [0, 0.1) is 12.3 Å². The molecule has 0 heterocycles. The van der Waals surface area contributed by atoms with Crippen LogP contribution in [0.2, 0.25) is 0 Å². The Hall–Kier alpha value is -0.500. The molecule has 2 rings (SSSR count). The topological polar surface area (TPSA) is 12.0 Å². The summed E-state index contributed by atoms with van der Waals surface area (Å²) in [6.07, 6.45) is 3.97. The molecule has 16 heavy (non-hydrogen) atoms. The van der Waals surface area contributed by atoms with Crippen LogP contribution in [-0.2, 0) is 0 Å². The molecule has 88 valence electrons. The molecule has 1 nitrogen and oxygen atoms in total. The summed E-state index contributed by atoms with van der Waals surface area (Å²) in [7, 11) is 0. The lowest BCUT2D eigenvalue weighted by atomic mass is 9.87. The molecule has 2 heteroatoms. The summed E-state index contributed by atoms with van der Waals surface area (Å²) in [5.74, 6) is 0. The van der Waals surface area contributed by atoms with Gasteiger partial charge in [-0.2, -0.15) is 0 Å². The van der Waals surface area contributed by atoms with Crippen molar-refractivity contribution in [2.24, 2.45) is 5.41 Å². The molecule has 0 aliphatic heterocycles. The number of hydrogen-bond donors (Lipinski definition) is 1. The lowest BCUT2D eigenvalue weighted by molar-refractivity contribution is 0.350. The standard InChI is InChI=1S/C14H20BrN/c1-10-6-7-11(9-12(10)15)16-13-5-4-8-14(13,2)3/h6-7,9,13,16H,4-5,8H2,1-3H3. The molecule has 1 aliphatic rings. The van der Waals surface area contributed by atoms with Gasteiger partial charge in [0.2, 0.25) is 0 Å². The minimum absolute atomic E-state index is 0.428. The van der Waals surface area contributed by atoms with E-state index in [1.54, 1.807) is 0 Å². The van der Waals surface area contributed by atoms with E-state index in [1.165, 1.54) is 35.0 Å². The zero-order valence-electron chi connectivity index (χ0n) is 10.3. The molecule has 1 N–H and O–H groups in total. The summed E-state index contributed by atoms with van der Waals surface area (Å²) in [5.41, 5.74) is 2.95. The number of halogens is 1. The maximum Gasteiger partial charge on any atom is 0.0354 e. The van der Waals surface area contributed by atoms with Gasteiger partial charge < -0.3 is 5.32 Å². The molecule has 1 aromatic carbocycles. The van der Waals surface area contributed by atoms with Crippen molar-refractivity contribution in [2.75, 3.05) is 5.32 Å². The van der Waals surface area contributed by atoms with Gasteiger partial charge in [-0.25, -0.2) is 0 Å². The predicted octanol–water partition coefficient (Wildman–Crippen LogP) is 4.75. The van der Waals surface area contributed by atoms with Gasteiger partial charge in [0.15, 0.2) is 0 Å². The van der Waals surface area contributed by atoms with Crippen molar-refractivity contribution in [3.63, 3.8) is 0 Å². The van der Waals surface area contributed by atoms with Crippen LogP contribution in [0.15, 0.2) is 22.7 Å². The van der Waals surface area contributed by atoms with E-state index < -0.39 is 0 Å². The van der Waals surface area contributed by atoms with Crippen LogP contribution in [0.3, 0.4) is 0 Å². The number of nitrogens with one attached hydrogen (secondary N) is 1. The number of anilines is 1. The van der Waals surface area contributed by atoms with E-state index in [0.29, 0.717) is 11.5 Å². The van der Waals surface area contributed by atoms with Crippen LogP contribution in [0.5, 0.6) is 0 Å². The molecule has 0 bridgehead atoms. The highest BCUT2D eigenvalue weighted by atomic mass is 79.9. The van der Waals surface area contributed by atoms with Gasteiger partial charge >= 0.3 is 0 Å². The second-order valence-corrected chi connectivity index (χ2v) is 6.40. The second kappa shape index (κ2) is 4.40. The van der Waals surface area contributed by atoms with Crippen LogP contribution >= 0.6 is 15.9 Å². The van der Waals surface area contributed by atoms with E-state index in [1.807, 2.05) is 0 Å². The lowest BCUT2D eigenvalue weighted by Gasteiger charge is -2.28. The van der Waals surface area contributed by atoms with Gasteiger partial charge in [0.25, 0.3) is 0 Å². The first-order chi connectivity index (χ1) is 7.49. The van der Waals surface area contributed by atoms with E-state index in [9.17, 15) is 0 Å². The Labute approximate surface area is 107 Å². The second-order valence-electron chi connectivity index (χ2n) is 5.54. The first-order valence-electron chi connectivity index (χ1n) is 6.02. The van der Waals surface area contributed by atoms with Gasteiger partial charge in [-0.15, -0.1) is 0 Å². The minimum Gasteiger partial charge on any atom is -0.382 e. The Kier molecular flexibility index (Phi) is 3.29. The third-order valence-electron chi connectivity index (χ3n) is 3.77. The van der Waals surface area contributed by atoms with Crippen LogP contribution in [0.4, 0.5) is 5.69 Å². The number of benzene rings is 1. The van der Waals surface area contributed by atoms with Gasteiger partial charge in [0.1, 0.15) is 0 Å². The fourth-order valence-electron chi connectivity index (χ4n) is 2.48. The quantitative estimate of drug-likeness (QED) is 0.825. The highest BCUT2D eigenvalue weighted by Gasteiger charge is 2.34. The van der Waals surface area contributed by atoms with Gasteiger partial charge in [-0.3, -0.25) is 0 Å². The Morgan fingerprint density at radius 2 is 2.12 bits per heavy atom. The van der Waals surface area contributed by atoms with Gasteiger partial charge in [-0.05, 0) is 42.9 Å².